The number of rotatable bonds is 1. The monoisotopic (exact) mass is 340 g/mol. The SMILES string of the molecule is Cc1cc2c(cc1C)C(=O)[C@]1(O)CCN(c3cccc(Cl)c3)C1=N2. The standard InChI is InChI=1S/C19H17ClN2O2/c1-11-8-15-16(9-12(11)2)21-18-19(24,17(15)23)6-7-22(18)14-5-3-4-13(20)10-14/h3-5,8-10,24H,6-7H2,1-2H3/t19-/m1/s1. The van der Waals surface area contributed by atoms with Crippen molar-refractivity contribution in [2.75, 3.05) is 11.4 Å². The summed E-state index contributed by atoms with van der Waals surface area (Å²) in [5.41, 5.74) is 2.49. The number of hydrogen-bond acceptors (Lipinski definition) is 4. The third kappa shape index (κ3) is 2.10. The lowest BCUT2D eigenvalue weighted by molar-refractivity contribution is 0.0602. The number of Topliss-reactive ketones (excluding diaryl/α,β-unsaturated/α-hetero) is 1. The number of benzene rings is 2. The Bertz CT molecular complexity index is 906. The van der Waals surface area contributed by atoms with Crippen molar-refractivity contribution < 1.29 is 9.90 Å². The summed E-state index contributed by atoms with van der Waals surface area (Å²) in [4.78, 5) is 19.5. The van der Waals surface area contributed by atoms with Gasteiger partial charge >= 0.3 is 0 Å². The van der Waals surface area contributed by atoms with E-state index in [1.165, 1.54) is 0 Å². The second kappa shape index (κ2) is 5.16. The van der Waals surface area contributed by atoms with Crippen LogP contribution in [-0.4, -0.2) is 28.9 Å². The topological polar surface area (TPSA) is 52.9 Å². The van der Waals surface area contributed by atoms with Crippen LogP contribution in [0.25, 0.3) is 0 Å². The Morgan fingerprint density at radius 2 is 1.96 bits per heavy atom. The quantitative estimate of drug-likeness (QED) is 0.858. The second-order valence-electron chi connectivity index (χ2n) is 6.46. The number of aryl methyl sites for hydroxylation is 2. The van der Waals surface area contributed by atoms with E-state index in [0.717, 1.165) is 16.8 Å². The number of anilines is 1. The Morgan fingerprint density at radius 3 is 2.71 bits per heavy atom. The number of hydrogen-bond donors (Lipinski definition) is 1. The summed E-state index contributed by atoms with van der Waals surface area (Å²) in [6.07, 6.45) is 0.323. The van der Waals surface area contributed by atoms with Gasteiger partial charge in [0, 0.05) is 29.2 Å². The molecule has 24 heavy (non-hydrogen) atoms. The normalized spacial score (nSPS) is 22.2. The Morgan fingerprint density at radius 1 is 1.21 bits per heavy atom. The van der Waals surface area contributed by atoms with E-state index < -0.39 is 5.60 Å². The van der Waals surface area contributed by atoms with Crippen LogP contribution in [0.2, 0.25) is 5.02 Å². The first-order valence-corrected chi connectivity index (χ1v) is 8.28. The molecule has 2 aliphatic heterocycles. The minimum Gasteiger partial charge on any atom is -0.374 e. The lowest BCUT2D eigenvalue weighted by Crippen LogP contribution is -2.48. The number of carbonyl (C=O) groups is 1. The highest BCUT2D eigenvalue weighted by Crippen LogP contribution is 2.40. The number of carbonyl (C=O) groups excluding carboxylic acids is 1. The summed E-state index contributed by atoms with van der Waals surface area (Å²) in [6.45, 7) is 4.47. The van der Waals surface area contributed by atoms with Gasteiger partial charge in [0.2, 0.25) is 5.78 Å². The molecule has 122 valence electrons. The van der Waals surface area contributed by atoms with Crippen molar-refractivity contribution in [3.05, 3.63) is 58.1 Å². The van der Waals surface area contributed by atoms with E-state index in [4.69, 9.17) is 11.6 Å². The maximum absolute atomic E-state index is 12.9. The number of halogens is 1. The zero-order chi connectivity index (χ0) is 17.1. The van der Waals surface area contributed by atoms with E-state index in [0.29, 0.717) is 35.1 Å². The van der Waals surface area contributed by atoms with E-state index in [-0.39, 0.29) is 5.78 Å². The Labute approximate surface area is 145 Å². The maximum Gasteiger partial charge on any atom is 0.204 e. The molecule has 1 saturated heterocycles. The van der Waals surface area contributed by atoms with Crippen molar-refractivity contribution in [3.8, 4) is 0 Å². The van der Waals surface area contributed by atoms with Gasteiger partial charge in [-0.3, -0.25) is 4.79 Å². The Balaban J connectivity index is 1.89. The number of ketones is 1. The van der Waals surface area contributed by atoms with Crippen molar-refractivity contribution in [1.29, 1.82) is 0 Å². The molecule has 0 unspecified atom stereocenters. The molecular formula is C19H17ClN2O2. The molecule has 2 aromatic rings. The molecule has 0 saturated carbocycles. The first-order valence-electron chi connectivity index (χ1n) is 7.91. The van der Waals surface area contributed by atoms with Gasteiger partial charge in [0.15, 0.2) is 5.60 Å². The molecule has 1 fully saturated rings. The molecular weight excluding hydrogens is 324 g/mol. The van der Waals surface area contributed by atoms with Crippen LogP contribution >= 0.6 is 11.6 Å². The molecule has 2 aromatic carbocycles. The van der Waals surface area contributed by atoms with Crippen molar-refractivity contribution >= 4 is 34.6 Å². The minimum atomic E-state index is -1.56. The fourth-order valence-electron chi connectivity index (χ4n) is 3.39. The van der Waals surface area contributed by atoms with Crippen LogP contribution in [0, 0.1) is 13.8 Å². The molecule has 2 aliphatic rings. The third-order valence-corrected chi connectivity index (χ3v) is 5.14. The fraction of sp³-hybridized carbons (Fsp3) is 0.263. The van der Waals surface area contributed by atoms with Gasteiger partial charge in [0.1, 0.15) is 5.84 Å². The van der Waals surface area contributed by atoms with Crippen LogP contribution in [-0.2, 0) is 0 Å². The van der Waals surface area contributed by atoms with E-state index in [1.807, 2.05) is 49.1 Å². The average molecular weight is 341 g/mol. The molecule has 1 N–H and O–H groups in total. The van der Waals surface area contributed by atoms with Crippen LogP contribution in [0.1, 0.15) is 27.9 Å². The predicted molar refractivity (Wildman–Crippen MR) is 95.7 cm³/mol. The largest absolute Gasteiger partial charge is 0.374 e. The first-order chi connectivity index (χ1) is 11.4. The van der Waals surface area contributed by atoms with Gasteiger partial charge in [-0.05, 0) is 55.3 Å². The van der Waals surface area contributed by atoms with E-state index >= 15 is 0 Å². The number of aliphatic hydroxyl groups is 1. The lowest BCUT2D eigenvalue weighted by atomic mass is 9.86. The molecule has 2 heterocycles. The van der Waals surface area contributed by atoms with Gasteiger partial charge < -0.3 is 10.0 Å². The summed E-state index contributed by atoms with van der Waals surface area (Å²) in [6, 6.07) is 11.1. The van der Waals surface area contributed by atoms with E-state index in [1.54, 1.807) is 6.07 Å². The van der Waals surface area contributed by atoms with Gasteiger partial charge in [-0.25, -0.2) is 4.99 Å². The molecule has 5 heteroatoms. The van der Waals surface area contributed by atoms with Gasteiger partial charge in [-0.2, -0.15) is 0 Å². The molecule has 0 amide bonds. The molecule has 0 radical (unpaired) electrons. The second-order valence-corrected chi connectivity index (χ2v) is 6.90. The summed E-state index contributed by atoms with van der Waals surface area (Å²) < 4.78 is 0. The van der Waals surface area contributed by atoms with Crippen molar-refractivity contribution in [2.45, 2.75) is 25.9 Å². The van der Waals surface area contributed by atoms with E-state index in [9.17, 15) is 9.90 Å². The zero-order valence-electron chi connectivity index (χ0n) is 13.5. The van der Waals surface area contributed by atoms with Crippen LogP contribution < -0.4 is 4.90 Å². The molecule has 0 spiro atoms. The van der Waals surface area contributed by atoms with Crippen LogP contribution in [0.5, 0.6) is 0 Å². The Kier molecular flexibility index (Phi) is 3.31. The summed E-state index contributed by atoms with van der Waals surface area (Å²) >= 11 is 6.09. The molecule has 4 nitrogen and oxygen atoms in total. The van der Waals surface area contributed by atoms with Crippen molar-refractivity contribution in [2.24, 2.45) is 4.99 Å². The molecule has 0 bridgehead atoms. The average Bonchev–Trinajstić information content (AvgIpc) is 2.88. The van der Waals surface area contributed by atoms with Crippen molar-refractivity contribution in [3.63, 3.8) is 0 Å². The lowest BCUT2D eigenvalue weighted by Gasteiger charge is -2.30. The van der Waals surface area contributed by atoms with Crippen LogP contribution in [0.15, 0.2) is 41.4 Å². The first kappa shape index (κ1) is 15.4. The number of fused-ring (bicyclic) bond motifs is 2. The highest BCUT2D eigenvalue weighted by molar-refractivity contribution is 6.31. The predicted octanol–water partition coefficient (Wildman–Crippen LogP) is 3.82. The van der Waals surface area contributed by atoms with Gasteiger partial charge in [0.25, 0.3) is 0 Å². The number of nitrogens with zero attached hydrogens (tertiary/aromatic N) is 2. The summed E-state index contributed by atoms with van der Waals surface area (Å²) in [5, 5.41) is 11.6. The molecule has 0 aliphatic carbocycles. The van der Waals surface area contributed by atoms with Gasteiger partial charge in [-0.1, -0.05) is 17.7 Å². The maximum atomic E-state index is 12.9. The zero-order valence-corrected chi connectivity index (χ0v) is 14.3. The minimum absolute atomic E-state index is 0.268. The van der Waals surface area contributed by atoms with Crippen LogP contribution in [0.3, 0.4) is 0 Å². The van der Waals surface area contributed by atoms with Gasteiger partial charge in [-0.15, -0.1) is 0 Å². The highest BCUT2D eigenvalue weighted by Gasteiger charge is 2.52. The fourth-order valence-corrected chi connectivity index (χ4v) is 3.57. The van der Waals surface area contributed by atoms with E-state index in [2.05, 4.69) is 4.99 Å². The summed E-state index contributed by atoms with van der Waals surface area (Å²) in [7, 11) is 0. The summed E-state index contributed by atoms with van der Waals surface area (Å²) in [5.74, 6) is 0.126. The molecule has 0 aromatic heterocycles. The number of aliphatic imine (C=N–C) groups is 1. The van der Waals surface area contributed by atoms with Crippen LogP contribution in [0.4, 0.5) is 11.4 Å². The smallest absolute Gasteiger partial charge is 0.204 e. The van der Waals surface area contributed by atoms with Gasteiger partial charge in [0.05, 0.1) is 5.69 Å². The number of amidine groups is 1. The molecule has 1 atom stereocenters. The molecule has 4 rings (SSSR count). The Hall–Kier alpha value is -2.17. The third-order valence-electron chi connectivity index (χ3n) is 4.90. The van der Waals surface area contributed by atoms with Crippen molar-refractivity contribution in [1.82, 2.24) is 0 Å². The highest BCUT2D eigenvalue weighted by atomic mass is 35.5.